The minimum absolute atomic E-state index is 0.326. The fraction of sp³-hybridized carbons (Fsp3) is 0.0714. The molecular weight excluding hydrogens is 409 g/mol. The highest BCUT2D eigenvalue weighted by atomic mass is 79.9. The molecular formula is C14H10Br2ClNO2. The summed E-state index contributed by atoms with van der Waals surface area (Å²) in [6.07, 6.45) is 1.32. The molecule has 0 aliphatic carbocycles. The van der Waals surface area contributed by atoms with Crippen molar-refractivity contribution in [2.24, 2.45) is 5.16 Å². The summed E-state index contributed by atoms with van der Waals surface area (Å²) in [6.45, 7) is 0.326. The van der Waals surface area contributed by atoms with Crippen LogP contribution < -0.4 is 4.74 Å². The third-order valence-corrected chi connectivity index (χ3v) is 3.98. The monoisotopic (exact) mass is 417 g/mol. The van der Waals surface area contributed by atoms with Gasteiger partial charge in [0.2, 0.25) is 0 Å². The van der Waals surface area contributed by atoms with E-state index in [4.69, 9.17) is 21.5 Å². The van der Waals surface area contributed by atoms with Gasteiger partial charge in [0.25, 0.3) is 0 Å². The van der Waals surface area contributed by atoms with Crippen LogP contribution in [0.25, 0.3) is 0 Å². The van der Waals surface area contributed by atoms with Gasteiger partial charge < -0.3 is 9.94 Å². The van der Waals surface area contributed by atoms with Gasteiger partial charge in [-0.25, -0.2) is 0 Å². The van der Waals surface area contributed by atoms with Crippen LogP contribution in [0.2, 0.25) is 5.02 Å². The molecule has 2 aromatic carbocycles. The summed E-state index contributed by atoms with van der Waals surface area (Å²) in [7, 11) is 0. The Bertz CT molecular complexity index is 647. The van der Waals surface area contributed by atoms with Crippen molar-refractivity contribution in [2.75, 3.05) is 0 Å². The molecule has 0 heterocycles. The molecule has 20 heavy (non-hydrogen) atoms. The molecule has 0 spiro atoms. The molecule has 0 unspecified atom stereocenters. The quantitative estimate of drug-likeness (QED) is 0.418. The van der Waals surface area contributed by atoms with Gasteiger partial charge in [0.15, 0.2) is 0 Å². The topological polar surface area (TPSA) is 41.8 Å². The maximum absolute atomic E-state index is 8.72. The van der Waals surface area contributed by atoms with E-state index in [0.717, 1.165) is 14.5 Å². The second-order valence-electron chi connectivity index (χ2n) is 3.93. The van der Waals surface area contributed by atoms with Gasteiger partial charge in [0.05, 0.1) is 10.7 Å². The van der Waals surface area contributed by atoms with Gasteiger partial charge in [0.1, 0.15) is 12.4 Å². The number of oxime groups is 1. The molecule has 2 aromatic rings. The molecule has 0 amide bonds. The summed E-state index contributed by atoms with van der Waals surface area (Å²) in [5.41, 5.74) is 1.54. The predicted molar refractivity (Wildman–Crippen MR) is 87.0 cm³/mol. The first-order chi connectivity index (χ1) is 9.61. The fourth-order valence-corrected chi connectivity index (χ4v) is 3.22. The maximum atomic E-state index is 8.72. The minimum atomic E-state index is 0.326. The Labute approximate surface area is 138 Å². The van der Waals surface area contributed by atoms with Crippen molar-refractivity contribution in [2.45, 2.75) is 6.61 Å². The van der Waals surface area contributed by atoms with E-state index >= 15 is 0 Å². The highest BCUT2D eigenvalue weighted by Crippen LogP contribution is 2.33. The van der Waals surface area contributed by atoms with Crippen LogP contribution in [0.5, 0.6) is 5.75 Å². The highest BCUT2D eigenvalue weighted by Gasteiger charge is 2.10. The first kappa shape index (κ1) is 15.4. The Kier molecular flexibility index (Phi) is 5.46. The highest BCUT2D eigenvalue weighted by molar-refractivity contribution is 9.11. The molecule has 0 saturated carbocycles. The van der Waals surface area contributed by atoms with Gasteiger partial charge >= 0.3 is 0 Å². The van der Waals surface area contributed by atoms with Gasteiger partial charge in [-0.3, -0.25) is 0 Å². The molecule has 0 radical (unpaired) electrons. The lowest BCUT2D eigenvalue weighted by atomic mass is 10.2. The largest absolute Gasteiger partial charge is 0.487 e. The molecule has 0 atom stereocenters. The van der Waals surface area contributed by atoms with Crippen LogP contribution in [0.1, 0.15) is 11.1 Å². The molecule has 2 rings (SSSR count). The van der Waals surface area contributed by atoms with E-state index in [0.29, 0.717) is 22.9 Å². The van der Waals surface area contributed by atoms with Crippen LogP contribution in [0, 0.1) is 0 Å². The van der Waals surface area contributed by atoms with E-state index in [1.165, 1.54) is 6.21 Å². The van der Waals surface area contributed by atoms with Crippen molar-refractivity contribution in [3.05, 3.63) is 61.5 Å². The summed E-state index contributed by atoms with van der Waals surface area (Å²) < 4.78 is 7.40. The number of hydrogen-bond donors (Lipinski definition) is 1. The molecule has 0 aliphatic heterocycles. The summed E-state index contributed by atoms with van der Waals surface area (Å²) in [4.78, 5) is 0. The Morgan fingerprint density at radius 3 is 2.70 bits per heavy atom. The van der Waals surface area contributed by atoms with Crippen molar-refractivity contribution in [3.63, 3.8) is 0 Å². The average Bonchev–Trinajstić information content (AvgIpc) is 2.40. The molecule has 104 valence electrons. The molecule has 1 N–H and O–H groups in total. The first-order valence-electron chi connectivity index (χ1n) is 5.64. The second-order valence-corrected chi connectivity index (χ2v) is 6.11. The fourth-order valence-electron chi connectivity index (χ4n) is 1.66. The molecule has 6 heteroatoms. The zero-order chi connectivity index (χ0) is 14.5. The van der Waals surface area contributed by atoms with Crippen molar-refractivity contribution in [1.29, 1.82) is 0 Å². The van der Waals surface area contributed by atoms with E-state index in [9.17, 15) is 0 Å². The van der Waals surface area contributed by atoms with Gasteiger partial charge in [-0.1, -0.05) is 50.9 Å². The summed E-state index contributed by atoms with van der Waals surface area (Å²) >= 11 is 12.9. The van der Waals surface area contributed by atoms with Crippen LogP contribution in [0.3, 0.4) is 0 Å². The maximum Gasteiger partial charge on any atom is 0.142 e. The third kappa shape index (κ3) is 3.75. The summed E-state index contributed by atoms with van der Waals surface area (Å²) in [5.74, 6) is 0.589. The Morgan fingerprint density at radius 1 is 1.25 bits per heavy atom. The predicted octanol–water partition coefficient (Wildman–Crippen LogP) is 5.25. The normalized spacial score (nSPS) is 10.9. The zero-order valence-corrected chi connectivity index (χ0v) is 14.1. The summed E-state index contributed by atoms with van der Waals surface area (Å²) in [6, 6.07) is 11.1. The van der Waals surface area contributed by atoms with Crippen molar-refractivity contribution in [1.82, 2.24) is 0 Å². The third-order valence-electron chi connectivity index (χ3n) is 2.56. The Morgan fingerprint density at radius 2 is 2.00 bits per heavy atom. The van der Waals surface area contributed by atoms with Crippen LogP contribution in [-0.2, 0) is 6.61 Å². The second kappa shape index (κ2) is 7.11. The minimum Gasteiger partial charge on any atom is -0.487 e. The van der Waals surface area contributed by atoms with E-state index in [1.54, 1.807) is 6.07 Å². The van der Waals surface area contributed by atoms with Crippen molar-refractivity contribution in [3.8, 4) is 5.75 Å². The standard InChI is InChI=1S/C14H10Br2ClNO2/c15-11-5-10(7-18-19)14(12(16)6-11)20-8-9-3-1-2-4-13(9)17/h1-7,19H,8H2/b18-7-. The lowest BCUT2D eigenvalue weighted by Gasteiger charge is -2.12. The van der Waals surface area contributed by atoms with Crippen molar-refractivity contribution >= 4 is 49.7 Å². The average molecular weight is 420 g/mol. The van der Waals surface area contributed by atoms with Crippen LogP contribution >= 0.6 is 43.5 Å². The number of rotatable bonds is 4. The SMILES string of the molecule is O/N=C\c1cc(Br)cc(Br)c1OCc1ccccc1Cl. The zero-order valence-electron chi connectivity index (χ0n) is 10.2. The lowest BCUT2D eigenvalue weighted by molar-refractivity contribution is 0.302. The Balaban J connectivity index is 2.27. The number of ether oxygens (including phenoxy) is 1. The molecule has 0 aliphatic rings. The van der Waals surface area contributed by atoms with Crippen LogP contribution in [-0.4, -0.2) is 11.4 Å². The molecule has 3 nitrogen and oxygen atoms in total. The van der Waals surface area contributed by atoms with E-state index in [2.05, 4.69) is 37.0 Å². The van der Waals surface area contributed by atoms with Crippen molar-refractivity contribution < 1.29 is 9.94 Å². The van der Waals surface area contributed by atoms with Crippen LogP contribution in [0.4, 0.5) is 0 Å². The number of nitrogens with zero attached hydrogens (tertiary/aromatic N) is 1. The van der Waals surface area contributed by atoms with E-state index in [1.807, 2.05) is 30.3 Å². The molecule has 0 fully saturated rings. The number of halogens is 3. The molecule has 0 aromatic heterocycles. The number of hydrogen-bond acceptors (Lipinski definition) is 3. The Hall–Kier alpha value is -1.04. The van der Waals surface area contributed by atoms with Gasteiger partial charge in [-0.05, 0) is 34.1 Å². The van der Waals surface area contributed by atoms with Crippen LogP contribution in [0.15, 0.2) is 50.5 Å². The molecule has 0 saturated heterocycles. The first-order valence-corrected chi connectivity index (χ1v) is 7.61. The van der Waals surface area contributed by atoms with Gasteiger partial charge in [-0.2, -0.15) is 0 Å². The summed E-state index contributed by atoms with van der Waals surface area (Å²) in [5, 5.41) is 12.4. The van der Waals surface area contributed by atoms with E-state index < -0.39 is 0 Å². The number of benzene rings is 2. The lowest BCUT2D eigenvalue weighted by Crippen LogP contribution is -2.00. The van der Waals surface area contributed by atoms with E-state index in [-0.39, 0.29) is 0 Å². The van der Waals surface area contributed by atoms with Gasteiger partial charge in [0, 0.05) is 20.6 Å². The molecule has 0 bridgehead atoms. The smallest absolute Gasteiger partial charge is 0.142 e. The van der Waals surface area contributed by atoms with Gasteiger partial charge in [-0.15, -0.1) is 0 Å².